The van der Waals surface area contributed by atoms with Crippen molar-refractivity contribution in [3.63, 3.8) is 0 Å². The van der Waals surface area contributed by atoms with Crippen molar-refractivity contribution in [2.45, 2.75) is 20.0 Å². The average molecular weight is 227 g/mol. The highest BCUT2D eigenvalue weighted by atomic mass is 35.5. The van der Waals surface area contributed by atoms with Crippen LogP contribution in [0.5, 0.6) is 0 Å². The molecule has 80 valence electrons. The van der Waals surface area contributed by atoms with Crippen LogP contribution in [0.4, 0.5) is 0 Å². The summed E-state index contributed by atoms with van der Waals surface area (Å²) < 4.78 is 10.5. The molecule has 0 aliphatic heterocycles. The standard InChI is InChI=1S/C10H11ClN2O2/c1-7-4-13-10(14-7)6-12-5-8-2-3-9(11)15-8/h2-4,12H,5-6H2,1H3. The summed E-state index contributed by atoms with van der Waals surface area (Å²) in [5.41, 5.74) is 0. The fourth-order valence-electron chi connectivity index (χ4n) is 1.22. The van der Waals surface area contributed by atoms with Gasteiger partial charge < -0.3 is 14.2 Å². The molecule has 0 aliphatic rings. The van der Waals surface area contributed by atoms with E-state index in [4.69, 9.17) is 20.4 Å². The summed E-state index contributed by atoms with van der Waals surface area (Å²) in [5.74, 6) is 2.28. The van der Waals surface area contributed by atoms with Gasteiger partial charge in [0.25, 0.3) is 0 Å². The molecule has 0 unspecified atom stereocenters. The molecular formula is C10H11ClN2O2. The van der Waals surface area contributed by atoms with E-state index < -0.39 is 0 Å². The molecule has 0 amide bonds. The molecule has 2 heterocycles. The highest BCUT2D eigenvalue weighted by Crippen LogP contribution is 2.12. The molecule has 0 fully saturated rings. The summed E-state index contributed by atoms with van der Waals surface area (Å²) in [6.07, 6.45) is 1.70. The van der Waals surface area contributed by atoms with E-state index in [9.17, 15) is 0 Å². The summed E-state index contributed by atoms with van der Waals surface area (Å²) >= 11 is 5.63. The minimum atomic E-state index is 0.402. The normalized spacial score (nSPS) is 10.8. The Bertz CT molecular complexity index is 396. The van der Waals surface area contributed by atoms with Gasteiger partial charge in [0, 0.05) is 0 Å². The molecule has 2 rings (SSSR count). The van der Waals surface area contributed by atoms with Crippen LogP contribution in [0.1, 0.15) is 17.4 Å². The van der Waals surface area contributed by atoms with Crippen LogP contribution in [0.3, 0.4) is 0 Å². The third kappa shape index (κ3) is 2.84. The first-order valence-corrected chi connectivity index (χ1v) is 4.98. The van der Waals surface area contributed by atoms with Crippen molar-refractivity contribution in [2.75, 3.05) is 0 Å². The highest BCUT2D eigenvalue weighted by molar-refractivity contribution is 6.28. The van der Waals surface area contributed by atoms with Crippen molar-refractivity contribution in [2.24, 2.45) is 0 Å². The number of hydrogen-bond donors (Lipinski definition) is 1. The van der Waals surface area contributed by atoms with Crippen molar-refractivity contribution in [3.8, 4) is 0 Å². The molecule has 0 atom stereocenters. The molecule has 0 radical (unpaired) electrons. The van der Waals surface area contributed by atoms with E-state index >= 15 is 0 Å². The Balaban J connectivity index is 1.80. The molecule has 0 spiro atoms. The maximum atomic E-state index is 5.63. The number of furan rings is 1. The highest BCUT2D eigenvalue weighted by Gasteiger charge is 2.02. The van der Waals surface area contributed by atoms with Crippen LogP contribution in [0.2, 0.25) is 5.22 Å². The monoisotopic (exact) mass is 226 g/mol. The van der Waals surface area contributed by atoms with E-state index in [1.54, 1.807) is 12.3 Å². The van der Waals surface area contributed by atoms with Crippen molar-refractivity contribution in [3.05, 3.63) is 41.0 Å². The number of nitrogens with one attached hydrogen (secondary N) is 1. The molecule has 0 aliphatic carbocycles. The van der Waals surface area contributed by atoms with Gasteiger partial charge in [-0.3, -0.25) is 0 Å². The third-order valence-electron chi connectivity index (χ3n) is 1.87. The Morgan fingerprint density at radius 2 is 2.20 bits per heavy atom. The fourth-order valence-corrected chi connectivity index (χ4v) is 1.38. The summed E-state index contributed by atoms with van der Waals surface area (Å²) in [6.45, 7) is 3.04. The number of aryl methyl sites for hydroxylation is 1. The van der Waals surface area contributed by atoms with Crippen LogP contribution in [0, 0.1) is 6.92 Å². The second kappa shape index (κ2) is 4.51. The van der Waals surface area contributed by atoms with E-state index in [2.05, 4.69) is 10.3 Å². The van der Waals surface area contributed by atoms with Gasteiger partial charge in [0.15, 0.2) is 5.22 Å². The van der Waals surface area contributed by atoms with Crippen LogP contribution >= 0.6 is 11.6 Å². The van der Waals surface area contributed by atoms with Gasteiger partial charge in [-0.15, -0.1) is 0 Å². The average Bonchev–Trinajstić information content (AvgIpc) is 2.76. The van der Waals surface area contributed by atoms with Crippen LogP contribution in [0.25, 0.3) is 0 Å². The van der Waals surface area contributed by atoms with Gasteiger partial charge in [0.1, 0.15) is 11.5 Å². The second-order valence-electron chi connectivity index (χ2n) is 3.17. The summed E-state index contributed by atoms with van der Waals surface area (Å²) in [5, 5.41) is 3.54. The van der Waals surface area contributed by atoms with Gasteiger partial charge in [-0.25, -0.2) is 4.98 Å². The molecule has 1 N–H and O–H groups in total. The minimum absolute atomic E-state index is 0.402. The predicted octanol–water partition coefficient (Wildman–Crippen LogP) is 2.52. The largest absolute Gasteiger partial charge is 0.448 e. The number of oxazole rings is 1. The van der Waals surface area contributed by atoms with E-state index in [1.807, 2.05) is 13.0 Å². The Labute approximate surface area is 92.2 Å². The minimum Gasteiger partial charge on any atom is -0.448 e. The molecule has 2 aromatic heterocycles. The number of aromatic nitrogens is 1. The second-order valence-corrected chi connectivity index (χ2v) is 3.55. The van der Waals surface area contributed by atoms with Crippen LogP contribution < -0.4 is 5.32 Å². The zero-order chi connectivity index (χ0) is 10.7. The van der Waals surface area contributed by atoms with Crippen molar-refractivity contribution in [1.29, 1.82) is 0 Å². The summed E-state index contributed by atoms with van der Waals surface area (Å²) in [6, 6.07) is 3.55. The van der Waals surface area contributed by atoms with Crippen LogP contribution in [0.15, 0.2) is 27.2 Å². The van der Waals surface area contributed by atoms with Gasteiger partial charge in [-0.2, -0.15) is 0 Å². The molecule has 5 heteroatoms. The maximum absolute atomic E-state index is 5.63. The first kappa shape index (κ1) is 10.3. The smallest absolute Gasteiger partial charge is 0.208 e. The lowest BCUT2D eigenvalue weighted by atomic mass is 10.4. The Kier molecular flexibility index (Phi) is 3.08. The van der Waals surface area contributed by atoms with Gasteiger partial charge in [0.2, 0.25) is 5.89 Å². The molecule has 0 bridgehead atoms. The lowest BCUT2D eigenvalue weighted by molar-refractivity contribution is 0.431. The number of hydrogen-bond acceptors (Lipinski definition) is 4. The predicted molar refractivity (Wildman–Crippen MR) is 55.5 cm³/mol. The number of halogens is 1. The van der Waals surface area contributed by atoms with E-state index in [0.29, 0.717) is 24.2 Å². The van der Waals surface area contributed by atoms with Gasteiger partial charge in [-0.05, 0) is 30.7 Å². The molecule has 4 nitrogen and oxygen atoms in total. The quantitative estimate of drug-likeness (QED) is 0.871. The fraction of sp³-hybridized carbons (Fsp3) is 0.300. The molecule has 0 saturated carbocycles. The molecule has 0 saturated heterocycles. The van der Waals surface area contributed by atoms with Gasteiger partial charge in [-0.1, -0.05) is 0 Å². The third-order valence-corrected chi connectivity index (χ3v) is 2.08. The van der Waals surface area contributed by atoms with Gasteiger partial charge >= 0.3 is 0 Å². The zero-order valence-corrected chi connectivity index (χ0v) is 9.04. The molecule has 0 aromatic carbocycles. The Morgan fingerprint density at radius 3 is 2.80 bits per heavy atom. The first-order valence-electron chi connectivity index (χ1n) is 4.60. The van der Waals surface area contributed by atoms with Crippen LogP contribution in [-0.4, -0.2) is 4.98 Å². The Morgan fingerprint density at radius 1 is 1.33 bits per heavy atom. The van der Waals surface area contributed by atoms with Crippen molar-refractivity contribution >= 4 is 11.6 Å². The lowest BCUT2D eigenvalue weighted by Gasteiger charge is -1.98. The maximum Gasteiger partial charge on any atom is 0.208 e. The topological polar surface area (TPSA) is 51.2 Å². The van der Waals surface area contributed by atoms with Gasteiger partial charge in [0.05, 0.1) is 19.3 Å². The van der Waals surface area contributed by atoms with E-state index in [-0.39, 0.29) is 0 Å². The van der Waals surface area contributed by atoms with E-state index in [0.717, 1.165) is 11.5 Å². The van der Waals surface area contributed by atoms with Crippen molar-refractivity contribution < 1.29 is 8.83 Å². The summed E-state index contributed by atoms with van der Waals surface area (Å²) in [7, 11) is 0. The zero-order valence-electron chi connectivity index (χ0n) is 8.29. The van der Waals surface area contributed by atoms with Crippen molar-refractivity contribution in [1.82, 2.24) is 10.3 Å². The Hall–Kier alpha value is -1.26. The molecule has 15 heavy (non-hydrogen) atoms. The number of rotatable bonds is 4. The molecular weight excluding hydrogens is 216 g/mol. The van der Waals surface area contributed by atoms with E-state index in [1.165, 1.54) is 0 Å². The molecule has 2 aromatic rings. The summed E-state index contributed by atoms with van der Waals surface area (Å²) in [4.78, 5) is 4.07. The number of nitrogens with zero attached hydrogens (tertiary/aromatic N) is 1. The SMILES string of the molecule is Cc1cnc(CNCc2ccc(Cl)o2)o1. The van der Waals surface area contributed by atoms with Crippen LogP contribution in [-0.2, 0) is 13.1 Å². The first-order chi connectivity index (χ1) is 7.24. The lowest BCUT2D eigenvalue weighted by Crippen LogP contribution is -2.12.